The maximum absolute atomic E-state index is 11.4. The molecule has 66 valence electrons. The summed E-state index contributed by atoms with van der Waals surface area (Å²) in [5.74, 6) is -0.0538. The van der Waals surface area contributed by atoms with Crippen LogP contribution >= 0.6 is 11.3 Å². The molecule has 3 nitrogen and oxygen atoms in total. The fourth-order valence-corrected chi connectivity index (χ4v) is 1.39. The number of rotatable bonds is 3. The Labute approximate surface area is 75.4 Å². The largest absolute Gasteiger partial charge is 0.374 e. The van der Waals surface area contributed by atoms with Crippen LogP contribution < -0.4 is 0 Å². The van der Waals surface area contributed by atoms with E-state index in [1.54, 1.807) is 12.3 Å². The number of ketones is 1. The van der Waals surface area contributed by atoms with Gasteiger partial charge in [-0.05, 0) is 13.8 Å². The van der Waals surface area contributed by atoms with Crippen LogP contribution in [0.5, 0.6) is 0 Å². The lowest BCUT2D eigenvalue weighted by Crippen LogP contribution is -2.19. The molecule has 1 atom stereocenters. The number of thiazole rings is 1. The second-order valence-electron chi connectivity index (χ2n) is 2.49. The SMILES string of the molecule is COC(C)C(=O)c1csc(C)n1. The number of hydrogen-bond acceptors (Lipinski definition) is 4. The lowest BCUT2D eigenvalue weighted by Gasteiger charge is -2.04. The van der Waals surface area contributed by atoms with Gasteiger partial charge in [0, 0.05) is 12.5 Å². The number of ether oxygens (including phenoxy) is 1. The summed E-state index contributed by atoms with van der Waals surface area (Å²) in [6, 6.07) is 0. The van der Waals surface area contributed by atoms with E-state index in [9.17, 15) is 4.79 Å². The van der Waals surface area contributed by atoms with Gasteiger partial charge in [0.25, 0.3) is 0 Å². The Kier molecular flexibility index (Phi) is 2.94. The van der Waals surface area contributed by atoms with E-state index in [0.717, 1.165) is 5.01 Å². The standard InChI is InChI=1S/C8H11NO2S/c1-5(11-3)8(10)7-4-12-6(2)9-7/h4-5H,1-3H3. The average Bonchev–Trinajstić information content (AvgIpc) is 2.49. The van der Waals surface area contributed by atoms with Crippen LogP contribution in [0.1, 0.15) is 22.4 Å². The van der Waals surface area contributed by atoms with E-state index in [1.165, 1.54) is 18.4 Å². The maximum Gasteiger partial charge on any atom is 0.210 e. The van der Waals surface area contributed by atoms with Crippen molar-refractivity contribution < 1.29 is 9.53 Å². The molecular weight excluding hydrogens is 174 g/mol. The van der Waals surface area contributed by atoms with E-state index in [1.807, 2.05) is 6.92 Å². The summed E-state index contributed by atoms with van der Waals surface area (Å²) in [4.78, 5) is 15.5. The Morgan fingerprint density at radius 2 is 2.42 bits per heavy atom. The predicted octanol–water partition coefficient (Wildman–Crippen LogP) is 1.67. The number of Topliss-reactive ketones (excluding diaryl/α,β-unsaturated/α-hetero) is 1. The molecule has 1 unspecified atom stereocenters. The van der Waals surface area contributed by atoms with Gasteiger partial charge in [-0.2, -0.15) is 0 Å². The van der Waals surface area contributed by atoms with E-state index < -0.39 is 6.10 Å². The van der Waals surface area contributed by atoms with Gasteiger partial charge >= 0.3 is 0 Å². The van der Waals surface area contributed by atoms with Gasteiger partial charge in [-0.15, -0.1) is 11.3 Å². The number of nitrogens with zero attached hydrogens (tertiary/aromatic N) is 1. The third-order valence-corrected chi connectivity index (χ3v) is 2.37. The highest BCUT2D eigenvalue weighted by Crippen LogP contribution is 2.10. The molecule has 12 heavy (non-hydrogen) atoms. The molecule has 1 rings (SSSR count). The Bertz CT molecular complexity index is 282. The fraction of sp³-hybridized carbons (Fsp3) is 0.500. The van der Waals surface area contributed by atoms with Crippen LogP contribution in [0, 0.1) is 6.92 Å². The molecule has 1 aromatic rings. The van der Waals surface area contributed by atoms with E-state index in [0.29, 0.717) is 5.69 Å². The van der Waals surface area contributed by atoms with Crippen LogP contribution in [-0.2, 0) is 4.74 Å². The zero-order chi connectivity index (χ0) is 9.14. The predicted molar refractivity (Wildman–Crippen MR) is 47.7 cm³/mol. The third-order valence-electron chi connectivity index (χ3n) is 1.59. The Morgan fingerprint density at radius 3 is 2.83 bits per heavy atom. The monoisotopic (exact) mass is 185 g/mol. The van der Waals surface area contributed by atoms with Crippen molar-refractivity contribution >= 4 is 17.1 Å². The Morgan fingerprint density at radius 1 is 1.75 bits per heavy atom. The van der Waals surface area contributed by atoms with Gasteiger partial charge in [0.2, 0.25) is 5.78 Å². The van der Waals surface area contributed by atoms with Crippen molar-refractivity contribution in [1.82, 2.24) is 4.98 Å². The zero-order valence-electron chi connectivity index (χ0n) is 7.33. The number of carbonyl (C=O) groups is 1. The minimum Gasteiger partial charge on any atom is -0.374 e. The van der Waals surface area contributed by atoms with Crippen molar-refractivity contribution in [3.63, 3.8) is 0 Å². The summed E-state index contributed by atoms with van der Waals surface area (Å²) in [7, 11) is 1.52. The average molecular weight is 185 g/mol. The molecule has 0 saturated carbocycles. The minimum atomic E-state index is -0.397. The van der Waals surface area contributed by atoms with Gasteiger partial charge in [0.15, 0.2) is 0 Å². The van der Waals surface area contributed by atoms with E-state index in [4.69, 9.17) is 4.74 Å². The Balaban J connectivity index is 2.78. The third kappa shape index (κ3) is 1.89. The van der Waals surface area contributed by atoms with Gasteiger partial charge in [-0.25, -0.2) is 4.98 Å². The van der Waals surface area contributed by atoms with E-state index in [2.05, 4.69) is 4.98 Å². The van der Waals surface area contributed by atoms with Crippen molar-refractivity contribution in [2.24, 2.45) is 0 Å². The second-order valence-corrected chi connectivity index (χ2v) is 3.56. The number of aromatic nitrogens is 1. The van der Waals surface area contributed by atoms with E-state index >= 15 is 0 Å². The molecule has 0 aliphatic heterocycles. The molecule has 0 amide bonds. The van der Waals surface area contributed by atoms with Gasteiger partial charge in [-0.3, -0.25) is 4.79 Å². The highest BCUT2D eigenvalue weighted by molar-refractivity contribution is 7.09. The molecular formula is C8H11NO2S. The molecule has 0 saturated heterocycles. The number of aryl methyl sites for hydroxylation is 1. The first-order chi connectivity index (χ1) is 5.65. The lowest BCUT2D eigenvalue weighted by molar-refractivity contribution is 0.0651. The van der Waals surface area contributed by atoms with Gasteiger partial charge in [-0.1, -0.05) is 0 Å². The second kappa shape index (κ2) is 3.78. The molecule has 0 N–H and O–H groups in total. The fourth-order valence-electron chi connectivity index (χ4n) is 0.792. The summed E-state index contributed by atoms with van der Waals surface area (Å²) >= 11 is 1.47. The molecule has 1 heterocycles. The molecule has 0 fully saturated rings. The van der Waals surface area contributed by atoms with Gasteiger partial charge < -0.3 is 4.74 Å². The van der Waals surface area contributed by atoms with Gasteiger partial charge in [0.1, 0.15) is 11.8 Å². The van der Waals surface area contributed by atoms with Crippen molar-refractivity contribution in [1.29, 1.82) is 0 Å². The lowest BCUT2D eigenvalue weighted by atomic mass is 10.2. The quantitative estimate of drug-likeness (QED) is 0.672. The molecule has 4 heteroatoms. The molecule has 0 radical (unpaired) electrons. The van der Waals surface area contributed by atoms with Crippen LogP contribution in [0.15, 0.2) is 5.38 Å². The first-order valence-electron chi connectivity index (χ1n) is 3.64. The summed E-state index contributed by atoms with van der Waals surface area (Å²) in [6.45, 7) is 3.59. The summed E-state index contributed by atoms with van der Waals surface area (Å²) in [5.41, 5.74) is 0.506. The first kappa shape index (κ1) is 9.35. The summed E-state index contributed by atoms with van der Waals surface area (Å²) in [6.07, 6.45) is -0.397. The molecule has 0 spiro atoms. The van der Waals surface area contributed by atoms with Crippen LogP contribution in [0.3, 0.4) is 0 Å². The topological polar surface area (TPSA) is 39.2 Å². The van der Waals surface area contributed by atoms with Crippen LogP contribution in [0.25, 0.3) is 0 Å². The minimum absolute atomic E-state index is 0.0538. The number of carbonyl (C=O) groups excluding carboxylic acids is 1. The van der Waals surface area contributed by atoms with Crippen molar-refractivity contribution in [2.75, 3.05) is 7.11 Å². The first-order valence-corrected chi connectivity index (χ1v) is 4.52. The highest BCUT2D eigenvalue weighted by Gasteiger charge is 2.16. The summed E-state index contributed by atoms with van der Waals surface area (Å²) < 4.78 is 4.89. The molecule has 0 bridgehead atoms. The molecule has 0 aliphatic rings. The van der Waals surface area contributed by atoms with Crippen LogP contribution in [-0.4, -0.2) is 24.0 Å². The normalized spacial score (nSPS) is 12.9. The van der Waals surface area contributed by atoms with Gasteiger partial charge in [0.05, 0.1) is 5.01 Å². The van der Waals surface area contributed by atoms with E-state index in [-0.39, 0.29) is 5.78 Å². The summed E-state index contributed by atoms with van der Waals surface area (Å²) in [5, 5.41) is 2.66. The maximum atomic E-state index is 11.4. The number of methoxy groups -OCH3 is 1. The van der Waals surface area contributed by atoms with Crippen LogP contribution in [0.2, 0.25) is 0 Å². The number of hydrogen-bond donors (Lipinski definition) is 0. The molecule has 0 aliphatic carbocycles. The van der Waals surface area contributed by atoms with Crippen molar-refractivity contribution in [3.8, 4) is 0 Å². The van der Waals surface area contributed by atoms with Crippen LogP contribution in [0.4, 0.5) is 0 Å². The van der Waals surface area contributed by atoms with Crippen molar-refractivity contribution in [2.45, 2.75) is 20.0 Å². The molecule has 0 aromatic carbocycles. The zero-order valence-corrected chi connectivity index (χ0v) is 8.14. The highest BCUT2D eigenvalue weighted by atomic mass is 32.1. The molecule has 1 aromatic heterocycles. The Hall–Kier alpha value is -0.740. The van der Waals surface area contributed by atoms with Crippen molar-refractivity contribution in [3.05, 3.63) is 16.1 Å². The smallest absolute Gasteiger partial charge is 0.210 e.